The lowest BCUT2D eigenvalue weighted by Gasteiger charge is -2.29. The van der Waals surface area contributed by atoms with Crippen molar-refractivity contribution in [3.05, 3.63) is 30.1 Å². The van der Waals surface area contributed by atoms with E-state index in [1.807, 2.05) is 27.7 Å². The zero-order valence-electron chi connectivity index (χ0n) is 11.9. The summed E-state index contributed by atoms with van der Waals surface area (Å²) in [6.07, 6.45) is 3.93. The number of amides is 2. The lowest BCUT2D eigenvalue weighted by molar-refractivity contribution is -0.132. The van der Waals surface area contributed by atoms with E-state index in [0.29, 0.717) is 5.56 Å². The second kappa shape index (κ2) is 6.31. The van der Waals surface area contributed by atoms with E-state index in [2.05, 4.69) is 15.8 Å². The SMILES string of the molecule is CCC(C)C(C)(C)C(=O)NNC(=O)c1cccnc1. The van der Waals surface area contributed by atoms with Crippen molar-refractivity contribution in [3.63, 3.8) is 0 Å². The molecular formula is C14H21N3O2. The summed E-state index contributed by atoms with van der Waals surface area (Å²) >= 11 is 0. The Kier molecular flexibility index (Phi) is 5.03. The number of carbonyl (C=O) groups excluding carboxylic acids is 2. The Labute approximate surface area is 113 Å². The van der Waals surface area contributed by atoms with Crippen LogP contribution in [0.2, 0.25) is 0 Å². The van der Waals surface area contributed by atoms with E-state index in [1.54, 1.807) is 18.3 Å². The fourth-order valence-corrected chi connectivity index (χ4v) is 1.58. The van der Waals surface area contributed by atoms with Gasteiger partial charge in [-0.3, -0.25) is 25.4 Å². The number of pyridine rings is 1. The maximum absolute atomic E-state index is 12.1. The minimum atomic E-state index is -0.531. The molecule has 1 unspecified atom stereocenters. The van der Waals surface area contributed by atoms with Crippen LogP contribution in [0.25, 0.3) is 0 Å². The fourth-order valence-electron chi connectivity index (χ4n) is 1.58. The first kappa shape index (κ1) is 15.1. The van der Waals surface area contributed by atoms with Crippen molar-refractivity contribution in [3.8, 4) is 0 Å². The van der Waals surface area contributed by atoms with E-state index >= 15 is 0 Å². The van der Waals surface area contributed by atoms with Gasteiger partial charge in [0.15, 0.2) is 0 Å². The van der Waals surface area contributed by atoms with Crippen molar-refractivity contribution in [1.82, 2.24) is 15.8 Å². The second-order valence-corrected chi connectivity index (χ2v) is 5.18. The van der Waals surface area contributed by atoms with Crippen LogP contribution in [0.3, 0.4) is 0 Å². The monoisotopic (exact) mass is 263 g/mol. The highest BCUT2D eigenvalue weighted by Crippen LogP contribution is 2.28. The normalized spacial score (nSPS) is 12.6. The van der Waals surface area contributed by atoms with E-state index in [9.17, 15) is 9.59 Å². The van der Waals surface area contributed by atoms with Crippen molar-refractivity contribution >= 4 is 11.8 Å². The molecule has 0 aliphatic heterocycles. The topological polar surface area (TPSA) is 71.1 Å². The maximum atomic E-state index is 12.1. The van der Waals surface area contributed by atoms with Gasteiger partial charge in [-0.15, -0.1) is 0 Å². The van der Waals surface area contributed by atoms with Crippen molar-refractivity contribution < 1.29 is 9.59 Å². The van der Waals surface area contributed by atoms with E-state index in [1.165, 1.54) is 6.20 Å². The first-order valence-electron chi connectivity index (χ1n) is 6.40. The largest absolute Gasteiger partial charge is 0.273 e. The molecule has 1 atom stereocenters. The maximum Gasteiger partial charge on any atom is 0.271 e. The number of aromatic nitrogens is 1. The van der Waals surface area contributed by atoms with E-state index in [0.717, 1.165) is 6.42 Å². The number of hydrogen-bond donors (Lipinski definition) is 2. The summed E-state index contributed by atoms with van der Waals surface area (Å²) < 4.78 is 0. The summed E-state index contributed by atoms with van der Waals surface area (Å²) in [5.41, 5.74) is 4.75. The van der Waals surface area contributed by atoms with Gasteiger partial charge in [-0.25, -0.2) is 0 Å². The van der Waals surface area contributed by atoms with Gasteiger partial charge in [0.05, 0.1) is 5.56 Å². The predicted molar refractivity (Wildman–Crippen MR) is 73.1 cm³/mol. The summed E-state index contributed by atoms with van der Waals surface area (Å²) in [6, 6.07) is 3.30. The van der Waals surface area contributed by atoms with Gasteiger partial charge >= 0.3 is 0 Å². The Morgan fingerprint density at radius 3 is 2.58 bits per heavy atom. The summed E-state index contributed by atoms with van der Waals surface area (Å²) in [6.45, 7) is 7.79. The number of nitrogens with one attached hydrogen (secondary N) is 2. The van der Waals surface area contributed by atoms with Crippen LogP contribution in [-0.4, -0.2) is 16.8 Å². The summed E-state index contributed by atoms with van der Waals surface area (Å²) in [5, 5.41) is 0. The quantitative estimate of drug-likeness (QED) is 0.815. The first-order chi connectivity index (χ1) is 8.89. The van der Waals surface area contributed by atoms with Gasteiger partial charge in [0.1, 0.15) is 0 Å². The molecular weight excluding hydrogens is 242 g/mol. The van der Waals surface area contributed by atoms with Crippen LogP contribution in [0.5, 0.6) is 0 Å². The van der Waals surface area contributed by atoms with Crippen molar-refractivity contribution in [2.45, 2.75) is 34.1 Å². The molecule has 1 heterocycles. The molecule has 1 aromatic rings. The van der Waals surface area contributed by atoms with Gasteiger partial charge in [0.25, 0.3) is 5.91 Å². The Bertz CT molecular complexity index is 443. The summed E-state index contributed by atoms with van der Waals surface area (Å²) in [7, 11) is 0. The predicted octanol–water partition coefficient (Wildman–Crippen LogP) is 1.91. The third kappa shape index (κ3) is 3.77. The summed E-state index contributed by atoms with van der Waals surface area (Å²) in [5.74, 6) is -0.344. The minimum absolute atomic E-state index is 0.195. The average molecular weight is 263 g/mol. The van der Waals surface area contributed by atoms with Gasteiger partial charge in [-0.1, -0.05) is 34.1 Å². The summed E-state index contributed by atoms with van der Waals surface area (Å²) in [4.78, 5) is 27.7. The molecule has 0 saturated heterocycles. The molecule has 104 valence electrons. The van der Waals surface area contributed by atoms with Crippen LogP contribution in [0.15, 0.2) is 24.5 Å². The fraction of sp³-hybridized carbons (Fsp3) is 0.500. The van der Waals surface area contributed by atoms with E-state index in [4.69, 9.17) is 0 Å². The molecule has 0 bridgehead atoms. The van der Waals surface area contributed by atoms with Crippen LogP contribution in [0, 0.1) is 11.3 Å². The van der Waals surface area contributed by atoms with Crippen LogP contribution >= 0.6 is 0 Å². The zero-order valence-corrected chi connectivity index (χ0v) is 11.9. The molecule has 1 rings (SSSR count). The molecule has 0 spiro atoms. The van der Waals surface area contributed by atoms with Gasteiger partial charge in [-0.05, 0) is 18.1 Å². The lowest BCUT2D eigenvalue weighted by Crippen LogP contribution is -2.49. The Morgan fingerprint density at radius 2 is 2.05 bits per heavy atom. The van der Waals surface area contributed by atoms with Gasteiger partial charge in [-0.2, -0.15) is 0 Å². The molecule has 1 aromatic heterocycles. The molecule has 2 N–H and O–H groups in total. The molecule has 2 amide bonds. The molecule has 0 aliphatic rings. The van der Waals surface area contributed by atoms with Crippen LogP contribution in [-0.2, 0) is 4.79 Å². The number of nitrogens with zero attached hydrogens (tertiary/aromatic N) is 1. The van der Waals surface area contributed by atoms with Gasteiger partial charge in [0.2, 0.25) is 5.91 Å². The molecule has 5 heteroatoms. The van der Waals surface area contributed by atoms with Crippen molar-refractivity contribution in [2.24, 2.45) is 11.3 Å². The van der Waals surface area contributed by atoms with Gasteiger partial charge < -0.3 is 0 Å². The standard InChI is InChI=1S/C14H21N3O2/c1-5-10(2)14(3,4)13(19)17-16-12(18)11-7-6-8-15-9-11/h6-10H,5H2,1-4H3,(H,16,18)(H,17,19). The van der Waals surface area contributed by atoms with Gasteiger partial charge in [0, 0.05) is 17.8 Å². The van der Waals surface area contributed by atoms with Crippen LogP contribution < -0.4 is 10.9 Å². The number of hydrazine groups is 1. The highest BCUT2D eigenvalue weighted by atomic mass is 16.2. The molecule has 0 aliphatic carbocycles. The smallest absolute Gasteiger partial charge is 0.271 e. The Balaban J connectivity index is 2.58. The molecule has 19 heavy (non-hydrogen) atoms. The Hall–Kier alpha value is -1.91. The molecule has 0 aromatic carbocycles. The van der Waals surface area contributed by atoms with Crippen LogP contribution in [0.1, 0.15) is 44.5 Å². The zero-order chi connectivity index (χ0) is 14.5. The van der Waals surface area contributed by atoms with Crippen molar-refractivity contribution in [2.75, 3.05) is 0 Å². The minimum Gasteiger partial charge on any atom is -0.273 e. The number of carbonyl (C=O) groups is 2. The molecule has 5 nitrogen and oxygen atoms in total. The molecule has 0 fully saturated rings. The first-order valence-corrected chi connectivity index (χ1v) is 6.40. The van der Waals surface area contributed by atoms with Crippen LogP contribution in [0.4, 0.5) is 0 Å². The Morgan fingerprint density at radius 1 is 1.37 bits per heavy atom. The third-order valence-electron chi connectivity index (χ3n) is 3.64. The highest BCUT2D eigenvalue weighted by Gasteiger charge is 2.33. The number of rotatable bonds is 4. The average Bonchev–Trinajstić information content (AvgIpc) is 2.44. The molecule has 0 saturated carbocycles. The molecule has 0 radical (unpaired) electrons. The van der Waals surface area contributed by atoms with E-state index in [-0.39, 0.29) is 17.7 Å². The van der Waals surface area contributed by atoms with Crippen molar-refractivity contribution in [1.29, 1.82) is 0 Å². The van der Waals surface area contributed by atoms with E-state index < -0.39 is 5.41 Å². The highest BCUT2D eigenvalue weighted by molar-refractivity contribution is 5.95. The lowest BCUT2D eigenvalue weighted by atomic mass is 9.78. The second-order valence-electron chi connectivity index (χ2n) is 5.18. The third-order valence-corrected chi connectivity index (χ3v) is 3.64. The number of hydrogen-bond acceptors (Lipinski definition) is 3.